The van der Waals surface area contributed by atoms with Crippen molar-refractivity contribution in [2.75, 3.05) is 0 Å². The van der Waals surface area contributed by atoms with Gasteiger partial charge < -0.3 is 5.73 Å². The number of aromatic nitrogens is 1. The van der Waals surface area contributed by atoms with Crippen LogP contribution in [-0.4, -0.2) is 4.98 Å². The average molecular weight is 232 g/mol. The third kappa shape index (κ3) is 1.74. The van der Waals surface area contributed by atoms with Gasteiger partial charge in [-0.3, -0.25) is 0 Å². The van der Waals surface area contributed by atoms with E-state index in [1.54, 1.807) is 0 Å². The number of hydrogen-bond donors (Lipinski definition) is 1. The first-order chi connectivity index (χ1) is 7.86. The lowest BCUT2D eigenvalue weighted by atomic mass is 10.1. The van der Waals surface area contributed by atoms with Crippen LogP contribution in [0.1, 0.15) is 42.2 Å². The maximum Gasteiger partial charge on any atom is 0.0969 e. The molecule has 0 radical (unpaired) electrons. The third-order valence-corrected chi connectivity index (χ3v) is 4.61. The van der Waals surface area contributed by atoms with Gasteiger partial charge in [-0.25, -0.2) is 4.98 Å². The van der Waals surface area contributed by atoms with Crippen LogP contribution in [-0.2, 0) is 6.54 Å². The summed E-state index contributed by atoms with van der Waals surface area (Å²) in [6.07, 6.45) is 5.39. The Morgan fingerprint density at radius 1 is 1.31 bits per heavy atom. The van der Waals surface area contributed by atoms with Crippen LogP contribution in [0.5, 0.6) is 0 Å². The Morgan fingerprint density at radius 2 is 2.12 bits per heavy atom. The molecule has 0 amide bonds. The molecule has 0 aliphatic heterocycles. The second-order valence-corrected chi connectivity index (χ2v) is 5.60. The largest absolute Gasteiger partial charge is 0.326 e. The highest BCUT2D eigenvalue weighted by molar-refractivity contribution is 7.18. The normalized spacial score (nSPS) is 17.3. The molecule has 16 heavy (non-hydrogen) atoms. The number of nitrogens with two attached hydrogens (primary N) is 1. The van der Waals surface area contributed by atoms with Gasteiger partial charge in [0.1, 0.15) is 0 Å². The van der Waals surface area contributed by atoms with Gasteiger partial charge in [-0.15, -0.1) is 11.3 Å². The highest BCUT2D eigenvalue weighted by atomic mass is 32.1. The van der Waals surface area contributed by atoms with Crippen molar-refractivity contribution in [1.82, 2.24) is 4.98 Å². The number of benzene rings is 1. The Morgan fingerprint density at radius 3 is 2.88 bits per heavy atom. The van der Waals surface area contributed by atoms with Crippen LogP contribution in [0.15, 0.2) is 18.2 Å². The first-order valence-corrected chi connectivity index (χ1v) is 6.78. The molecule has 3 heteroatoms. The second kappa shape index (κ2) is 4.15. The molecule has 2 nitrogen and oxygen atoms in total. The summed E-state index contributed by atoms with van der Waals surface area (Å²) in [7, 11) is 0. The maximum absolute atomic E-state index is 5.65. The van der Waals surface area contributed by atoms with Gasteiger partial charge in [0.2, 0.25) is 0 Å². The van der Waals surface area contributed by atoms with Crippen LogP contribution >= 0.6 is 11.3 Å². The standard InChI is InChI=1S/C13H16N2S/c14-8-9-5-6-12-11(7-9)15-13(16-12)10-3-1-2-4-10/h5-7,10H,1-4,8,14H2. The number of thiazole rings is 1. The molecule has 1 aromatic heterocycles. The molecule has 0 spiro atoms. The molecular weight excluding hydrogens is 216 g/mol. The molecule has 2 aromatic rings. The molecular formula is C13H16N2S. The first kappa shape index (κ1) is 10.2. The van der Waals surface area contributed by atoms with Crippen LogP contribution in [0.3, 0.4) is 0 Å². The monoisotopic (exact) mass is 232 g/mol. The van der Waals surface area contributed by atoms with E-state index in [-0.39, 0.29) is 0 Å². The van der Waals surface area contributed by atoms with Gasteiger partial charge in [0, 0.05) is 12.5 Å². The van der Waals surface area contributed by atoms with Crippen LogP contribution in [0, 0.1) is 0 Å². The molecule has 1 saturated carbocycles. The Kier molecular flexibility index (Phi) is 2.65. The summed E-state index contributed by atoms with van der Waals surface area (Å²) in [5, 5.41) is 1.33. The minimum absolute atomic E-state index is 0.603. The predicted octanol–water partition coefficient (Wildman–Crippen LogP) is 3.41. The zero-order valence-corrected chi connectivity index (χ0v) is 10.1. The molecule has 1 aromatic carbocycles. The van der Waals surface area contributed by atoms with Crippen molar-refractivity contribution in [3.8, 4) is 0 Å². The Hall–Kier alpha value is -0.930. The number of nitrogens with zero attached hydrogens (tertiary/aromatic N) is 1. The van der Waals surface area contributed by atoms with Crippen molar-refractivity contribution in [2.45, 2.75) is 38.1 Å². The lowest BCUT2D eigenvalue weighted by Gasteiger charge is -2.01. The average Bonchev–Trinajstić information content (AvgIpc) is 2.96. The molecule has 1 heterocycles. The summed E-state index contributed by atoms with van der Waals surface area (Å²) < 4.78 is 1.30. The Labute approximate surface area is 99.5 Å². The van der Waals surface area contributed by atoms with Gasteiger partial charge in [0.15, 0.2) is 0 Å². The minimum atomic E-state index is 0.603. The smallest absolute Gasteiger partial charge is 0.0969 e. The molecule has 1 fully saturated rings. The number of rotatable bonds is 2. The quantitative estimate of drug-likeness (QED) is 0.861. The second-order valence-electron chi connectivity index (χ2n) is 4.54. The predicted molar refractivity (Wildman–Crippen MR) is 68.7 cm³/mol. The topological polar surface area (TPSA) is 38.9 Å². The van der Waals surface area contributed by atoms with Crippen LogP contribution < -0.4 is 5.73 Å². The summed E-state index contributed by atoms with van der Waals surface area (Å²) in [6.45, 7) is 0.603. The number of hydrogen-bond acceptors (Lipinski definition) is 3. The van der Waals surface area contributed by atoms with Crippen molar-refractivity contribution in [3.63, 3.8) is 0 Å². The minimum Gasteiger partial charge on any atom is -0.326 e. The fourth-order valence-corrected chi connectivity index (χ4v) is 3.58. The molecule has 0 saturated heterocycles. The Bertz CT molecular complexity index is 498. The van der Waals surface area contributed by atoms with Crippen molar-refractivity contribution in [1.29, 1.82) is 0 Å². The van der Waals surface area contributed by atoms with E-state index in [1.165, 1.54) is 41.0 Å². The maximum atomic E-state index is 5.65. The summed E-state index contributed by atoms with van der Waals surface area (Å²) in [6, 6.07) is 6.40. The third-order valence-electron chi connectivity index (χ3n) is 3.41. The van der Waals surface area contributed by atoms with Gasteiger partial charge in [0.25, 0.3) is 0 Å². The Balaban J connectivity index is 2.01. The van der Waals surface area contributed by atoms with Crippen LogP contribution in [0.25, 0.3) is 10.2 Å². The highest BCUT2D eigenvalue weighted by Gasteiger charge is 2.20. The summed E-state index contributed by atoms with van der Waals surface area (Å²) in [5.74, 6) is 0.721. The summed E-state index contributed by atoms with van der Waals surface area (Å²) >= 11 is 1.86. The van der Waals surface area contributed by atoms with Crippen molar-refractivity contribution >= 4 is 21.6 Å². The van der Waals surface area contributed by atoms with Crippen LogP contribution in [0.4, 0.5) is 0 Å². The van der Waals surface area contributed by atoms with E-state index < -0.39 is 0 Å². The van der Waals surface area contributed by atoms with Crippen molar-refractivity contribution in [2.24, 2.45) is 5.73 Å². The van der Waals surface area contributed by atoms with Crippen molar-refractivity contribution < 1.29 is 0 Å². The molecule has 2 N–H and O–H groups in total. The molecule has 84 valence electrons. The van der Waals surface area contributed by atoms with Crippen molar-refractivity contribution in [3.05, 3.63) is 28.8 Å². The van der Waals surface area contributed by atoms with Gasteiger partial charge in [-0.2, -0.15) is 0 Å². The number of fused-ring (bicyclic) bond motifs is 1. The lowest BCUT2D eigenvalue weighted by molar-refractivity contribution is 0.718. The fraction of sp³-hybridized carbons (Fsp3) is 0.462. The van der Waals surface area contributed by atoms with Crippen LogP contribution in [0.2, 0.25) is 0 Å². The summed E-state index contributed by atoms with van der Waals surface area (Å²) in [5.41, 5.74) is 7.96. The zero-order chi connectivity index (χ0) is 11.0. The molecule has 0 atom stereocenters. The fourth-order valence-electron chi connectivity index (χ4n) is 2.47. The van der Waals surface area contributed by atoms with E-state index in [1.807, 2.05) is 11.3 Å². The summed E-state index contributed by atoms with van der Waals surface area (Å²) in [4.78, 5) is 4.77. The van der Waals surface area contributed by atoms with Gasteiger partial charge >= 0.3 is 0 Å². The van der Waals surface area contributed by atoms with Gasteiger partial charge in [-0.05, 0) is 30.5 Å². The SMILES string of the molecule is NCc1ccc2sc(C3CCCC3)nc2c1. The molecule has 3 rings (SSSR count). The van der Waals surface area contributed by atoms with E-state index in [0.717, 1.165) is 11.4 Å². The van der Waals surface area contributed by atoms with E-state index in [4.69, 9.17) is 10.7 Å². The highest BCUT2D eigenvalue weighted by Crippen LogP contribution is 2.37. The molecule has 1 aliphatic carbocycles. The first-order valence-electron chi connectivity index (χ1n) is 5.96. The molecule has 0 bridgehead atoms. The molecule has 1 aliphatic rings. The van der Waals surface area contributed by atoms with Gasteiger partial charge in [0.05, 0.1) is 15.2 Å². The lowest BCUT2D eigenvalue weighted by Crippen LogP contribution is -1.95. The van der Waals surface area contributed by atoms with E-state index in [2.05, 4.69) is 18.2 Å². The van der Waals surface area contributed by atoms with Gasteiger partial charge in [-0.1, -0.05) is 18.9 Å². The van der Waals surface area contributed by atoms with E-state index in [9.17, 15) is 0 Å². The zero-order valence-electron chi connectivity index (χ0n) is 9.28. The van der Waals surface area contributed by atoms with E-state index >= 15 is 0 Å². The molecule has 0 unspecified atom stereocenters. The van der Waals surface area contributed by atoms with E-state index in [0.29, 0.717) is 6.54 Å².